The lowest BCUT2D eigenvalue weighted by molar-refractivity contribution is 0.0268. The standard InChI is InChI=1S/C20H33N3O3/c1-20(2,25-5)14-23-19(21-3)22-13-15-9-8-12-17(24-4)18(15)26-16-10-6-7-11-16/h8-9,12,16H,6-7,10-11,13-14H2,1-5H3,(H2,21,22,23). The number of ether oxygens (including phenoxy) is 3. The van der Waals surface area contributed by atoms with E-state index < -0.39 is 0 Å². The fraction of sp³-hybridized carbons (Fsp3) is 0.650. The molecule has 0 saturated heterocycles. The van der Waals surface area contributed by atoms with Crippen molar-refractivity contribution in [3.05, 3.63) is 23.8 Å². The molecule has 1 fully saturated rings. The summed E-state index contributed by atoms with van der Waals surface area (Å²) >= 11 is 0. The second-order valence-corrected chi connectivity index (χ2v) is 7.22. The van der Waals surface area contributed by atoms with E-state index in [-0.39, 0.29) is 11.7 Å². The Kier molecular flexibility index (Phi) is 7.57. The van der Waals surface area contributed by atoms with Crippen molar-refractivity contribution < 1.29 is 14.2 Å². The Hall–Kier alpha value is -1.95. The van der Waals surface area contributed by atoms with Gasteiger partial charge in [-0.25, -0.2) is 0 Å². The zero-order valence-electron chi connectivity index (χ0n) is 16.7. The van der Waals surface area contributed by atoms with Crippen LogP contribution >= 0.6 is 0 Å². The fourth-order valence-electron chi connectivity index (χ4n) is 2.94. The molecule has 0 spiro atoms. The molecule has 6 nitrogen and oxygen atoms in total. The molecule has 1 aliphatic carbocycles. The molecule has 0 unspecified atom stereocenters. The van der Waals surface area contributed by atoms with Gasteiger partial charge < -0.3 is 24.8 Å². The van der Waals surface area contributed by atoms with Gasteiger partial charge in [-0.3, -0.25) is 4.99 Å². The molecule has 0 heterocycles. The average molecular weight is 364 g/mol. The normalized spacial score (nSPS) is 15.8. The molecule has 26 heavy (non-hydrogen) atoms. The highest BCUT2D eigenvalue weighted by Gasteiger charge is 2.21. The first-order chi connectivity index (χ1) is 12.5. The monoisotopic (exact) mass is 363 g/mol. The second kappa shape index (κ2) is 9.67. The Balaban J connectivity index is 2.03. The molecule has 0 bridgehead atoms. The molecule has 2 N–H and O–H groups in total. The quantitative estimate of drug-likeness (QED) is 0.549. The van der Waals surface area contributed by atoms with Gasteiger partial charge in [-0.1, -0.05) is 12.1 Å². The van der Waals surface area contributed by atoms with Crippen molar-refractivity contribution in [3.8, 4) is 11.5 Å². The Morgan fingerprint density at radius 1 is 1.19 bits per heavy atom. The van der Waals surface area contributed by atoms with Crippen LogP contribution in [0.4, 0.5) is 0 Å². The van der Waals surface area contributed by atoms with Gasteiger partial charge in [0.05, 0.1) is 18.8 Å². The predicted molar refractivity (Wildman–Crippen MR) is 105 cm³/mol. The highest BCUT2D eigenvalue weighted by molar-refractivity contribution is 5.79. The minimum atomic E-state index is -0.260. The van der Waals surface area contributed by atoms with E-state index in [2.05, 4.69) is 21.7 Å². The number of benzene rings is 1. The topological polar surface area (TPSA) is 64.1 Å². The summed E-state index contributed by atoms with van der Waals surface area (Å²) in [7, 11) is 5.15. The molecule has 0 amide bonds. The lowest BCUT2D eigenvalue weighted by atomic mass is 10.1. The van der Waals surface area contributed by atoms with Gasteiger partial charge in [-0.05, 0) is 45.6 Å². The molecule has 2 rings (SSSR count). The number of hydrogen-bond donors (Lipinski definition) is 2. The van der Waals surface area contributed by atoms with E-state index in [1.54, 1.807) is 21.3 Å². The Morgan fingerprint density at radius 3 is 2.54 bits per heavy atom. The first-order valence-corrected chi connectivity index (χ1v) is 9.31. The summed E-state index contributed by atoms with van der Waals surface area (Å²) < 4.78 is 17.2. The summed E-state index contributed by atoms with van der Waals surface area (Å²) in [4.78, 5) is 4.28. The van der Waals surface area contributed by atoms with Crippen molar-refractivity contribution >= 4 is 5.96 Å². The number of nitrogens with zero attached hydrogens (tertiary/aromatic N) is 1. The van der Waals surface area contributed by atoms with Crippen LogP contribution in [0.1, 0.15) is 45.1 Å². The molecule has 0 radical (unpaired) electrons. The van der Waals surface area contributed by atoms with Crippen molar-refractivity contribution in [2.75, 3.05) is 27.8 Å². The molecule has 1 aromatic carbocycles. The van der Waals surface area contributed by atoms with Gasteiger partial charge in [0.2, 0.25) is 0 Å². The van der Waals surface area contributed by atoms with Crippen LogP contribution < -0.4 is 20.1 Å². The van der Waals surface area contributed by atoms with Crippen LogP contribution in [0.15, 0.2) is 23.2 Å². The van der Waals surface area contributed by atoms with E-state index in [0.29, 0.717) is 13.1 Å². The van der Waals surface area contributed by atoms with E-state index in [4.69, 9.17) is 14.2 Å². The van der Waals surface area contributed by atoms with Crippen LogP contribution in [0.3, 0.4) is 0 Å². The molecular formula is C20H33N3O3. The molecule has 1 aliphatic rings. The molecule has 0 aromatic heterocycles. The van der Waals surface area contributed by atoms with E-state index in [1.165, 1.54) is 12.8 Å². The molecule has 146 valence electrons. The van der Waals surface area contributed by atoms with E-state index in [9.17, 15) is 0 Å². The smallest absolute Gasteiger partial charge is 0.191 e. The van der Waals surface area contributed by atoms with E-state index in [0.717, 1.165) is 35.9 Å². The SMILES string of the molecule is CN=C(NCc1cccc(OC)c1OC1CCCC1)NCC(C)(C)OC. The number of aliphatic imine (C=N–C) groups is 1. The number of methoxy groups -OCH3 is 2. The van der Waals surface area contributed by atoms with E-state index >= 15 is 0 Å². The molecule has 1 saturated carbocycles. The third-order valence-electron chi connectivity index (χ3n) is 4.77. The van der Waals surface area contributed by atoms with Crippen LogP contribution in [0.5, 0.6) is 11.5 Å². The highest BCUT2D eigenvalue weighted by atomic mass is 16.5. The van der Waals surface area contributed by atoms with Crippen LogP contribution in [0.25, 0.3) is 0 Å². The van der Waals surface area contributed by atoms with Crippen LogP contribution in [0.2, 0.25) is 0 Å². The lowest BCUT2D eigenvalue weighted by Gasteiger charge is -2.25. The van der Waals surface area contributed by atoms with E-state index in [1.807, 2.05) is 26.0 Å². The number of guanidine groups is 1. The zero-order chi connectivity index (χ0) is 19.0. The maximum Gasteiger partial charge on any atom is 0.191 e. The number of rotatable bonds is 8. The molecule has 1 aromatic rings. The predicted octanol–water partition coefficient (Wildman–Crippen LogP) is 3.11. The molecule has 6 heteroatoms. The molecule has 0 aliphatic heterocycles. The molecule has 0 atom stereocenters. The third kappa shape index (κ3) is 5.80. The van der Waals surface area contributed by atoms with Crippen LogP contribution in [-0.2, 0) is 11.3 Å². The summed E-state index contributed by atoms with van der Waals surface area (Å²) in [6, 6.07) is 6.00. The van der Waals surface area contributed by atoms with Crippen LogP contribution in [0, 0.1) is 0 Å². The Bertz CT molecular complexity index is 596. The Morgan fingerprint density at radius 2 is 1.92 bits per heavy atom. The summed E-state index contributed by atoms with van der Waals surface area (Å²) in [6.45, 7) is 5.32. The first-order valence-electron chi connectivity index (χ1n) is 9.31. The van der Waals surface area contributed by atoms with Crippen molar-refractivity contribution in [1.82, 2.24) is 10.6 Å². The number of para-hydroxylation sites is 1. The summed E-state index contributed by atoms with van der Waals surface area (Å²) in [5.74, 6) is 2.34. The van der Waals surface area contributed by atoms with Gasteiger partial charge in [-0.15, -0.1) is 0 Å². The lowest BCUT2D eigenvalue weighted by Crippen LogP contribution is -2.45. The van der Waals surface area contributed by atoms with Crippen molar-refractivity contribution in [1.29, 1.82) is 0 Å². The summed E-state index contributed by atoms with van der Waals surface area (Å²) in [6.07, 6.45) is 4.98. The van der Waals surface area contributed by atoms with Crippen molar-refractivity contribution in [2.45, 2.75) is 57.8 Å². The van der Waals surface area contributed by atoms with Gasteiger partial charge in [0, 0.05) is 32.8 Å². The van der Waals surface area contributed by atoms with Gasteiger partial charge >= 0.3 is 0 Å². The number of nitrogens with one attached hydrogen (secondary N) is 2. The van der Waals surface area contributed by atoms with Crippen molar-refractivity contribution in [2.24, 2.45) is 4.99 Å². The summed E-state index contributed by atoms with van der Waals surface area (Å²) in [5, 5.41) is 6.64. The van der Waals surface area contributed by atoms with Crippen molar-refractivity contribution in [3.63, 3.8) is 0 Å². The summed E-state index contributed by atoms with van der Waals surface area (Å²) in [5.41, 5.74) is 0.801. The number of hydrogen-bond acceptors (Lipinski definition) is 4. The zero-order valence-corrected chi connectivity index (χ0v) is 16.7. The maximum absolute atomic E-state index is 6.28. The minimum Gasteiger partial charge on any atom is -0.493 e. The maximum atomic E-state index is 6.28. The first kappa shape index (κ1) is 20.4. The highest BCUT2D eigenvalue weighted by Crippen LogP contribution is 2.34. The average Bonchev–Trinajstić information content (AvgIpc) is 3.16. The van der Waals surface area contributed by atoms with Crippen LogP contribution in [-0.4, -0.2) is 45.5 Å². The van der Waals surface area contributed by atoms with Gasteiger partial charge in [0.25, 0.3) is 0 Å². The minimum absolute atomic E-state index is 0.260. The molecular weight excluding hydrogens is 330 g/mol. The largest absolute Gasteiger partial charge is 0.493 e. The second-order valence-electron chi connectivity index (χ2n) is 7.22. The third-order valence-corrected chi connectivity index (χ3v) is 4.77. The fourth-order valence-corrected chi connectivity index (χ4v) is 2.94. The Labute approximate surface area is 157 Å². The van der Waals surface area contributed by atoms with Gasteiger partial charge in [-0.2, -0.15) is 0 Å². The van der Waals surface area contributed by atoms with Gasteiger partial charge in [0.15, 0.2) is 17.5 Å². The van der Waals surface area contributed by atoms with Gasteiger partial charge in [0.1, 0.15) is 0 Å².